The van der Waals surface area contributed by atoms with Crippen LogP contribution in [-0.4, -0.2) is 18.2 Å². The van der Waals surface area contributed by atoms with E-state index in [4.69, 9.17) is 4.74 Å². The van der Waals surface area contributed by atoms with Crippen molar-refractivity contribution in [2.75, 3.05) is 13.2 Å². The van der Waals surface area contributed by atoms with Crippen LogP contribution >= 0.6 is 11.3 Å². The van der Waals surface area contributed by atoms with Crippen LogP contribution in [0.15, 0.2) is 11.7 Å². The highest BCUT2D eigenvalue weighted by Gasteiger charge is 2.33. The molecule has 1 aromatic rings. The van der Waals surface area contributed by atoms with Gasteiger partial charge in [0.25, 0.3) is 0 Å². The van der Waals surface area contributed by atoms with Crippen molar-refractivity contribution in [2.24, 2.45) is 5.41 Å². The Kier molecular flexibility index (Phi) is 2.80. The van der Waals surface area contributed by atoms with E-state index in [1.54, 1.807) is 11.3 Å². The molecule has 1 aliphatic rings. The van der Waals surface area contributed by atoms with Gasteiger partial charge in [-0.05, 0) is 12.8 Å². The number of thiazole rings is 1. The van der Waals surface area contributed by atoms with E-state index in [9.17, 15) is 5.26 Å². The first-order chi connectivity index (χ1) is 6.85. The van der Waals surface area contributed by atoms with E-state index in [0.29, 0.717) is 13.2 Å². The van der Waals surface area contributed by atoms with Gasteiger partial charge in [-0.3, -0.25) is 4.98 Å². The van der Waals surface area contributed by atoms with E-state index in [2.05, 4.69) is 11.1 Å². The number of hydrogen-bond donors (Lipinski definition) is 0. The summed E-state index contributed by atoms with van der Waals surface area (Å²) in [5, 5.41) is 9.22. The van der Waals surface area contributed by atoms with Gasteiger partial charge >= 0.3 is 0 Å². The summed E-state index contributed by atoms with van der Waals surface area (Å²) < 4.78 is 5.28. The van der Waals surface area contributed by atoms with Crippen LogP contribution < -0.4 is 0 Å². The Morgan fingerprint density at radius 3 is 2.93 bits per heavy atom. The zero-order chi connectivity index (χ0) is 9.86. The molecule has 0 bridgehead atoms. The van der Waals surface area contributed by atoms with Crippen molar-refractivity contribution in [3.8, 4) is 6.07 Å². The molecule has 1 saturated heterocycles. The first kappa shape index (κ1) is 9.63. The van der Waals surface area contributed by atoms with Crippen LogP contribution in [0.25, 0.3) is 0 Å². The summed E-state index contributed by atoms with van der Waals surface area (Å²) in [6.07, 6.45) is 4.39. The summed E-state index contributed by atoms with van der Waals surface area (Å²) in [4.78, 5) is 5.23. The molecular weight excluding hydrogens is 196 g/mol. The Balaban J connectivity index is 2.09. The summed E-state index contributed by atoms with van der Waals surface area (Å²) in [6.45, 7) is 1.43. The minimum absolute atomic E-state index is 0.204. The minimum atomic E-state index is -0.204. The quantitative estimate of drug-likeness (QED) is 0.746. The molecule has 0 radical (unpaired) electrons. The van der Waals surface area contributed by atoms with Gasteiger partial charge in [0, 0.05) is 30.7 Å². The third-order valence-corrected chi connectivity index (χ3v) is 3.46. The van der Waals surface area contributed by atoms with E-state index in [1.165, 1.54) is 4.88 Å². The van der Waals surface area contributed by atoms with E-state index >= 15 is 0 Å². The van der Waals surface area contributed by atoms with Gasteiger partial charge in [-0.25, -0.2) is 0 Å². The van der Waals surface area contributed by atoms with Gasteiger partial charge in [0.15, 0.2) is 0 Å². The molecule has 0 unspecified atom stereocenters. The van der Waals surface area contributed by atoms with Crippen LogP contribution in [0.3, 0.4) is 0 Å². The molecule has 1 aliphatic heterocycles. The molecule has 0 N–H and O–H groups in total. The van der Waals surface area contributed by atoms with Gasteiger partial charge in [-0.15, -0.1) is 11.3 Å². The van der Waals surface area contributed by atoms with Crippen molar-refractivity contribution in [3.05, 3.63) is 16.6 Å². The van der Waals surface area contributed by atoms with Crippen molar-refractivity contribution in [1.82, 2.24) is 4.98 Å². The van der Waals surface area contributed by atoms with Crippen molar-refractivity contribution in [1.29, 1.82) is 5.26 Å². The third kappa shape index (κ3) is 1.94. The second-order valence-electron chi connectivity index (χ2n) is 3.65. The molecule has 1 fully saturated rings. The summed E-state index contributed by atoms with van der Waals surface area (Å²) in [6, 6.07) is 2.45. The molecule has 4 heteroatoms. The van der Waals surface area contributed by atoms with Gasteiger partial charge in [-0.2, -0.15) is 5.26 Å². The molecule has 2 heterocycles. The van der Waals surface area contributed by atoms with Crippen LogP contribution in [0, 0.1) is 16.7 Å². The van der Waals surface area contributed by atoms with Crippen LogP contribution in [0.2, 0.25) is 0 Å². The number of rotatable bonds is 2. The zero-order valence-electron chi connectivity index (χ0n) is 7.90. The third-order valence-electron chi connectivity index (χ3n) is 2.68. The Hall–Kier alpha value is -0.920. The van der Waals surface area contributed by atoms with Crippen molar-refractivity contribution in [2.45, 2.75) is 19.3 Å². The predicted molar refractivity (Wildman–Crippen MR) is 53.9 cm³/mol. The van der Waals surface area contributed by atoms with Crippen LogP contribution in [0.1, 0.15) is 17.7 Å². The number of aromatic nitrogens is 1. The molecule has 14 heavy (non-hydrogen) atoms. The lowest BCUT2D eigenvalue weighted by molar-refractivity contribution is 0.0409. The highest BCUT2D eigenvalue weighted by Crippen LogP contribution is 2.34. The number of nitriles is 1. The molecule has 0 atom stereocenters. The fourth-order valence-corrected chi connectivity index (χ4v) is 2.49. The van der Waals surface area contributed by atoms with Gasteiger partial charge in [-0.1, -0.05) is 0 Å². The lowest BCUT2D eigenvalue weighted by Crippen LogP contribution is -2.29. The topological polar surface area (TPSA) is 45.9 Å². The first-order valence-corrected chi connectivity index (χ1v) is 5.59. The average Bonchev–Trinajstić information content (AvgIpc) is 2.72. The van der Waals surface area contributed by atoms with Gasteiger partial charge in [0.05, 0.1) is 17.0 Å². The number of ether oxygens (including phenoxy) is 1. The van der Waals surface area contributed by atoms with E-state index in [1.807, 2.05) is 11.7 Å². The summed E-state index contributed by atoms with van der Waals surface area (Å²) >= 11 is 1.63. The lowest BCUT2D eigenvalue weighted by atomic mass is 9.78. The SMILES string of the molecule is N#CC1(Cc2cncs2)CCOCC1. The normalized spacial score (nSPS) is 20.2. The highest BCUT2D eigenvalue weighted by molar-refractivity contribution is 7.09. The number of hydrogen-bond acceptors (Lipinski definition) is 4. The fraction of sp³-hybridized carbons (Fsp3) is 0.600. The molecule has 0 spiro atoms. The number of nitrogens with zero attached hydrogens (tertiary/aromatic N) is 2. The highest BCUT2D eigenvalue weighted by atomic mass is 32.1. The smallest absolute Gasteiger partial charge is 0.0794 e. The van der Waals surface area contributed by atoms with Crippen LogP contribution in [0.5, 0.6) is 0 Å². The molecule has 1 aromatic heterocycles. The van der Waals surface area contributed by atoms with E-state index in [-0.39, 0.29) is 5.41 Å². The Bertz CT molecular complexity index is 322. The maximum atomic E-state index is 9.22. The second kappa shape index (κ2) is 4.07. The zero-order valence-corrected chi connectivity index (χ0v) is 8.72. The maximum absolute atomic E-state index is 9.22. The van der Waals surface area contributed by atoms with Crippen molar-refractivity contribution in [3.63, 3.8) is 0 Å². The molecule has 0 aromatic carbocycles. The largest absolute Gasteiger partial charge is 0.381 e. The summed E-state index contributed by atoms with van der Waals surface area (Å²) in [5.74, 6) is 0. The van der Waals surface area contributed by atoms with Crippen molar-refractivity contribution < 1.29 is 4.74 Å². The van der Waals surface area contributed by atoms with Crippen molar-refractivity contribution >= 4 is 11.3 Å². The van der Waals surface area contributed by atoms with Crippen LogP contribution in [0.4, 0.5) is 0 Å². The van der Waals surface area contributed by atoms with Gasteiger partial charge in [0.2, 0.25) is 0 Å². The molecule has 3 nitrogen and oxygen atoms in total. The standard InChI is InChI=1S/C10H12N2OS/c11-7-10(1-3-13-4-2-10)5-9-6-12-8-14-9/h6,8H,1-5H2. The molecule has 0 aliphatic carbocycles. The first-order valence-electron chi connectivity index (χ1n) is 4.71. The molecule has 0 amide bonds. The Morgan fingerprint density at radius 1 is 1.57 bits per heavy atom. The van der Waals surface area contributed by atoms with Crippen LogP contribution in [-0.2, 0) is 11.2 Å². The predicted octanol–water partition coefficient (Wildman–Crippen LogP) is 2.01. The van der Waals surface area contributed by atoms with Gasteiger partial charge < -0.3 is 4.74 Å². The Morgan fingerprint density at radius 2 is 2.36 bits per heavy atom. The average molecular weight is 208 g/mol. The molecule has 0 saturated carbocycles. The molecule has 2 rings (SSSR count). The fourth-order valence-electron chi connectivity index (χ4n) is 1.75. The van der Waals surface area contributed by atoms with E-state index in [0.717, 1.165) is 19.3 Å². The maximum Gasteiger partial charge on any atom is 0.0794 e. The summed E-state index contributed by atoms with van der Waals surface area (Å²) in [7, 11) is 0. The van der Waals surface area contributed by atoms with Gasteiger partial charge in [0.1, 0.15) is 0 Å². The lowest BCUT2D eigenvalue weighted by Gasteiger charge is -2.29. The molecule has 74 valence electrons. The summed E-state index contributed by atoms with van der Waals surface area (Å²) in [5.41, 5.74) is 1.62. The molecular formula is C10H12N2OS. The monoisotopic (exact) mass is 208 g/mol. The second-order valence-corrected chi connectivity index (χ2v) is 4.62. The van der Waals surface area contributed by atoms with E-state index < -0.39 is 0 Å². The minimum Gasteiger partial charge on any atom is -0.381 e. The Labute approximate surface area is 87.3 Å².